The molecule has 0 aromatic heterocycles. The van der Waals surface area contributed by atoms with Crippen LogP contribution in [-0.2, 0) is 4.79 Å². The zero-order valence-electron chi connectivity index (χ0n) is 9.73. The van der Waals surface area contributed by atoms with Gasteiger partial charge in [0.1, 0.15) is 11.8 Å². The van der Waals surface area contributed by atoms with E-state index >= 15 is 0 Å². The molecule has 1 aromatic rings. The van der Waals surface area contributed by atoms with E-state index in [9.17, 15) is 9.90 Å². The second kappa shape index (κ2) is 4.58. The molecule has 5 heteroatoms. The number of hydrogen-bond acceptors (Lipinski definition) is 4. The van der Waals surface area contributed by atoms with Gasteiger partial charge in [-0.25, -0.2) is 0 Å². The van der Waals surface area contributed by atoms with Crippen LogP contribution in [0.25, 0.3) is 0 Å². The van der Waals surface area contributed by atoms with Crippen LogP contribution in [0, 0.1) is 13.8 Å². The lowest BCUT2D eigenvalue weighted by molar-refractivity contribution is -0.138. The van der Waals surface area contributed by atoms with Gasteiger partial charge in [0.05, 0.1) is 5.37 Å². The molecule has 4 nitrogen and oxygen atoms in total. The zero-order valence-corrected chi connectivity index (χ0v) is 10.5. The van der Waals surface area contributed by atoms with Gasteiger partial charge < -0.3 is 10.2 Å². The van der Waals surface area contributed by atoms with Crippen LogP contribution in [0.15, 0.2) is 12.1 Å². The van der Waals surface area contributed by atoms with Crippen molar-refractivity contribution in [2.75, 3.05) is 5.75 Å². The summed E-state index contributed by atoms with van der Waals surface area (Å²) in [7, 11) is 0. The average Bonchev–Trinajstić information content (AvgIpc) is 2.73. The number of thioether (sulfide) groups is 1. The molecule has 0 radical (unpaired) electrons. The lowest BCUT2D eigenvalue weighted by Gasteiger charge is -2.17. The van der Waals surface area contributed by atoms with Gasteiger partial charge in [0, 0.05) is 11.3 Å². The number of aryl methyl sites for hydroxylation is 2. The third-order valence-electron chi connectivity index (χ3n) is 2.98. The Balaban J connectivity index is 2.30. The van der Waals surface area contributed by atoms with Crippen LogP contribution < -0.4 is 5.32 Å². The van der Waals surface area contributed by atoms with Gasteiger partial charge in [-0.3, -0.25) is 10.1 Å². The Morgan fingerprint density at radius 3 is 2.65 bits per heavy atom. The van der Waals surface area contributed by atoms with E-state index in [1.54, 1.807) is 0 Å². The van der Waals surface area contributed by atoms with Crippen molar-refractivity contribution < 1.29 is 15.0 Å². The van der Waals surface area contributed by atoms with Crippen molar-refractivity contribution in [2.24, 2.45) is 0 Å². The van der Waals surface area contributed by atoms with Gasteiger partial charge in [-0.2, -0.15) is 0 Å². The van der Waals surface area contributed by atoms with Crippen molar-refractivity contribution in [3.8, 4) is 5.75 Å². The summed E-state index contributed by atoms with van der Waals surface area (Å²) in [5.41, 5.74) is 2.59. The van der Waals surface area contributed by atoms with E-state index in [4.69, 9.17) is 5.11 Å². The Morgan fingerprint density at radius 1 is 1.41 bits per heavy atom. The van der Waals surface area contributed by atoms with Gasteiger partial charge in [0.25, 0.3) is 0 Å². The number of carboxylic acids is 1. The highest BCUT2D eigenvalue weighted by atomic mass is 32.2. The molecule has 1 aliphatic heterocycles. The van der Waals surface area contributed by atoms with Crippen molar-refractivity contribution in [3.63, 3.8) is 0 Å². The van der Waals surface area contributed by atoms with Gasteiger partial charge in [0.2, 0.25) is 0 Å². The fourth-order valence-electron chi connectivity index (χ4n) is 1.93. The van der Waals surface area contributed by atoms with Crippen molar-refractivity contribution in [1.82, 2.24) is 5.32 Å². The quantitative estimate of drug-likeness (QED) is 0.749. The van der Waals surface area contributed by atoms with Crippen LogP contribution in [-0.4, -0.2) is 28.0 Å². The molecule has 0 amide bonds. The number of aromatic hydroxyl groups is 1. The number of benzene rings is 1. The monoisotopic (exact) mass is 253 g/mol. The summed E-state index contributed by atoms with van der Waals surface area (Å²) < 4.78 is 0. The third kappa shape index (κ3) is 2.25. The first kappa shape index (κ1) is 12.3. The molecule has 1 heterocycles. The molecule has 17 heavy (non-hydrogen) atoms. The van der Waals surface area contributed by atoms with Crippen molar-refractivity contribution >= 4 is 17.7 Å². The first-order valence-corrected chi connectivity index (χ1v) is 6.45. The highest BCUT2D eigenvalue weighted by molar-refractivity contribution is 7.99. The number of hydrogen-bond donors (Lipinski definition) is 3. The van der Waals surface area contributed by atoms with E-state index in [-0.39, 0.29) is 11.1 Å². The summed E-state index contributed by atoms with van der Waals surface area (Å²) in [6, 6.07) is 3.27. The average molecular weight is 253 g/mol. The normalized spacial score (nSPS) is 23.9. The van der Waals surface area contributed by atoms with Crippen LogP contribution >= 0.6 is 11.8 Å². The maximum Gasteiger partial charge on any atom is 0.321 e. The van der Waals surface area contributed by atoms with E-state index in [1.807, 2.05) is 26.0 Å². The summed E-state index contributed by atoms with van der Waals surface area (Å²) in [6.45, 7) is 3.76. The van der Waals surface area contributed by atoms with Crippen LogP contribution in [0.3, 0.4) is 0 Å². The minimum absolute atomic E-state index is 0.143. The van der Waals surface area contributed by atoms with Crippen LogP contribution in [0.1, 0.15) is 22.1 Å². The van der Waals surface area contributed by atoms with E-state index in [0.717, 1.165) is 16.7 Å². The van der Waals surface area contributed by atoms with Crippen molar-refractivity contribution in [1.29, 1.82) is 0 Å². The number of carbonyl (C=O) groups is 1. The molecule has 0 saturated carbocycles. The molecule has 2 unspecified atom stereocenters. The fraction of sp³-hybridized carbons (Fsp3) is 0.417. The summed E-state index contributed by atoms with van der Waals surface area (Å²) in [6.07, 6.45) is 0. The summed E-state index contributed by atoms with van der Waals surface area (Å²) in [5.74, 6) is -0.0573. The Hall–Kier alpha value is -1.20. The molecule has 3 N–H and O–H groups in total. The fourth-order valence-corrected chi connectivity index (χ4v) is 3.28. The van der Waals surface area contributed by atoms with Crippen LogP contribution in [0.4, 0.5) is 0 Å². The van der Waals surface area contributed by atoms with Gasteiger partial charge in [-0.15, -0.1) is 11.8 Å². The Kier molecular flexibility index (Phi) is 3.31. The highest BCUT2D eigenvalue weighted by Crippen LogP contribution is 2.40. The van der Waals surface area contributed by atoms with Crippen molar-refractivity contribution in [2.45, 2.75) is 25.3 Å². The number of aliphatic carboxylic acids is 1. The number of nitrogens with one attached hydrogen (secondary N) is 1. The van der Waals surface area contributed by atoms with Crippen LogP contribution in [0.5, 0.6) is 5.75 Å². The zero-order chi connectivity index (χ0) is 12.6. The molecule has 1 aliphatic rings. The topological polar surface area (TPSA) is 69.6 Å². The van der Waals surface area contributed by atoms with Gasteiger partial charge >= 0.3 is 5.97 Å². The van der Waals surface area contributed by atoms with Gasteiger partial charge in [-0.1, -0.05) is 12.1 Å². The predicted molar refractivity (Wildman–Crippen MR) is 67.3 cm³/mol. The van der Waals surface area contributed by atoms with Gasteiger partial charge in [-0.05, 0) is 25.0 Å². The summed E-state index contributed by atoms with van der Waals surface area (Å²) in [4.78, 5) is 10.9. The molecule has 0 spiro atoms. The third-order valence-corrected chi connectivity index (χ3v) is 4.21. The first-order valence-electron chi connectivity index (χ1n) is 5.40. The Bertz CT molecular complexity index is 461. The number of phenolic OH excluding ortho intramolecular Hbond substituents is 1. The number of rotatable bonds is 2. The van der Waals surface area contributed by atoms with E-state index < -0.39 is 12.0 Å². The molecule has 1 aromatic carbocycles. The summed E-state index contributed by atoms with van der Waals surface area (Å²) in [5, 5.41) is 21.9. The molecule has 2 rings (SSSR count). The van der Waals surface area contributed by atoms with Crippen molar-refractivity contribution in [3.05, 3.63) is 28.8 Å². The van der Waals surface area contributed by atoms with Crippen LogP contribution in [0.2, 0.25) is 0 Å². The minimum Gasteiger partial charge on any atom is -0.507 e. The molecular weight excluding hydrogens is 238 g/mol. The first-order chi connectivity index (χ1) is 8.00. The SMILES string of the molecule is Cc1ccc(C)c(C2NC(C(=O)O)CS2)c1O. The molecule has 1 fully saturated rings. The lowest BCUT2D eigenvalue weighted by Crippen LogP contribution is -2.33. The molecule has 0 bridgehead atoms. The molecular formula is C12H15NO3S. The van der Waals surface area contributed by atoms with E-state index in [1.165, 1.54) is 11.8 Å². The molecule has 0 aliphatic carbocycles. The van der Waals surface area contributed by atoms with E-state index in [2.05, 4.69) is 5.32 Å². The summed E-state index contributed by atoms with van der Waals surface area (Å²) >= 11 is 1.52. The number of carboxylic acid groups (broad SMARTS) is 1. The standard InChI is InChI=1S/C12H15NO3S/c1-6-3-4-7(2)10(14)9(6)11-13-8(5-17-11)12(15)16/h3-4,8,11,13-14H,5H2,1-2H3,(H,15,16). The smallest absolute Gasteiger partial charge is 0.321 e. The second-order valence-electron chi connectivity index (χ2n) is 4.23. The van der Waals surface area contributed by atoms with Gasteiger partial charge in [0.15, 0.2) is 0 Å². The predicted octanol–water partition coefficient (Wildman–Crippen LogP) is 1.80. The molecule has 1 saturated heterocycles. The minimum atomic E-state index is -0.843. The molecule has 92 valence electrons. The Labute approximate surface area is 104 Å². The largest absolute Gasteiger partial charge is 0.507 e. The maximum absolute atomic E-state index is 10.9. The highest BCUT2D eigenvalue weighted by Gasteiger charge is 2.32. The maximum atomic E-state index is 10.9. The lowest BCUT2D eigenvalue weighted by atomic mass is 10.0. The Morgan fingerprint density at radius 2 is 2.06 bits per heavy atom. The second-order valence-corrected chi connectivity index (χ2v) is 5.37. The van der Waals surface area contributed by atoms with E-state index in [0.29, 0.717) is 5.75 Å². The number of phenols is 1. The molecule has 2 atom stereocenters.